The van der Waals surface area contributed by atoms with Gasteiger partial charge in [-0.15, -0.1) is 0 Å². The van der Waals surface area contributed by atoms with Crippen LogP contribution in [0.3, 0.4) is 0 Å². The SMILES string of the molecule is Nc1c(Br)cc(Br)cc1CN[C@H]1CC[C@H](O)CC1.O=P(O)(O)O. The van der Waals surface area contributed by atoms with E-state index in [1.165, 1.54) is 0 Å². The van der Waals surface area contributed by atoms with Gasteiger partial charge >= 0.3 is 7.82 Å². The Morgan fingerprint density at radius 3 is 2.22 bits per heavy atom. The first-order valence-corrected chi connectivity index (χ1v) is 10.1. The molecule has 0 saturated heterocycles. The Bertz CT molecular complexity index is 553. The first kappa shape index (κ1) is 21.1. The van der Waals surface area contributed by atoms with Crippen LogP contribution in [0.2, 0.25) is 0 Å². The van der Waals surface area contributed by atoms with Gasteiger partial charge < -0.3 is 30.8 Å². The zero-order valence-corrected chi connectivity index (χ0v) is 16.4. The minimum Gasteiger partial charge on any atom is -0.398 e. The molecule has 1 aliphatic carbocycles. The number of halogens is 2. The van der Waals surface area contributed by atoms with E-state index >= 15 is 0 Å². The number of phosphoric acid groups is 1. The molecule has 0 aliphatic heterocycles. The van der Waals surface area contributed by atoms with Crippen molar-refractivity contribution in [1.82, 2.24) is 5.32 Å². The van der Waals surface area contributed by atoms with E-state index in [1.54, 1.807) is 0 Å². The van der Waals surface area contributed by atoms with Gasteiger partial charge in [-0.25, -0.2) is 4.57 Å². The third-order valence-corrected chi connectivity index (χ3v) is 4.57. The lowest BCUT2D eigenvalue weighted by Crippen LogP contribution is -2.34. The average Bonchev–Trinajstić information content (AvgIpc) is 2.41. The standard InChI is InChI=1S/C13H18Br2N2O.H3O4P/c14-9-5-8(13(16)12(15)6-9)7-17-10-1-3-11(18)4-2-10;1-5(2,3)4/h5-6,10-11,17-18H,1-4,7,16H2;(H3,1,2,3,4)/t10-,11-;. The van der Waals surface area contributed by atoms with E-state index in [4.69, 9.17) is 25.0 Å². The largest absolute Gasteiger partial charge is 0.466 e. The summed E-state index contributed by atoms with van der Waals surface area (Å²) in [6.07, 6.45) is 3.77. The summed E-state index contributed by atoms with van der Waals surface area (Å²) in [5.74, 6) is 0. The number of rotatable bonds is 3. The number of anilines is 1. The van der Waals surface area contributed by atoms with Crippen molar-refractivity contribution in [1.29, 1.82) is 0 Å². The van der Waals surface area contributed by atoms with Gasteiger partial charge in [0.25, 0.3) is 0 Å². The summed E-state index contributed by atoms with van der Waals surface area (Å²) in [6, 6.07) is 4.49. The molecule has 0 atom stereocenters. The Morgan fingerprint density at radius 2 is 1.70 bits per heavy atom. The topological polar surface area (TPSA) is 136 Å². The summed E-state index contributed by atoms with van der Waals surface area (Å²) in [5.41, 5.74) is 7.93. The van der Waals surface area contributed by atoms with Gasteiger partial charge in [-0.05, 0) is 59.3 Å². The number of nitrogens with two attached hydrogens (primary N) is 1. The summed E-state index contributed by atoms with van der Waals surface area (Å²) >= 11 is 6.93. The summed E-state index contributed by atoms with van der Waals surface area (Å²) in [7, 11) is -4.64. The van der Waals surface area contributed by atoms with E-state index in [0.29, 0.717) is 6.04 Å². The number of benzene rings is 1. The van der Waals surface area contributed by atoms with E-state index in [2.05, 4.69) is 37.2 Å². The van der Waals surface area contributed by atoms with Crippen LogP contribution in [0.5, 0.6) is 0 Å². The number of nitrogen functional groups attached to an aromatic ring is 1. The van der Waals surface area contributed by atoms with Crippen LogP contribution in [0.1, 0.15) is 31.2 Å². The maximum Gasteiger partial charge on any atom is 0.466 e. The second-order valence-corrected chi connectivity index (χ2v) is 8.16. The maximum atomic E-state index is 9.47. The van der Waals surface area contributed by atoms with Gasteiger partial charge in [-0.2, -0.15) is 0 Å². The van der Waals surface area contributed by atoms with Gasteiger partial charge in [0, 0.05) is 21.5 Å². The number of aliphatic hydroxyl groups excluding tert-OH is 1. The summed E-state index contributed by atoms with van der Waals surface area (Å²) in [5, 5.41) is 13.0. The molecule has 0 spiro atoms. The van der Waals surface area contributed by atoms with Crippen molar-refractivity contribution in [2.75, 3.05) is 5.73 Å². The van der Waals surface area contributed by atoms with E-state index in [1.807, 2.05) is 12.1 Å². The minimum absolute atomic E-state index is 0.104. The molecule has 1 aromatic rings. The van der Waals surface area contributed by atoms with Crippen molar-refractivity contribution in [3.05, 3.63) is 26.6 Å². The van der Waals surface area contributed by atoms with Crippen molar-refractivity contribution in [2.45, 2.75) is 44.4 Å². The van der Waals surface area contributed by atoms with Gasteiger partial charge in [0.2, 0.25) is 0 Å². The molecule has 1 fully saturated rings. The van der Waals surface area contributed by atoms with E-state index in [0.717, 1.165) is 52.4 Å². The lowest BCUT2D eigenvalue weighted by atomic mass is 9.93. The molecule has 0 heterocycles. The van der Waals surface area contributed by atoms with E-state index in [-0.39, 0.29) is 6.10 Å². The van der Waals surface area contributed by atoms with E-state index < -0.39 is 7.82 Å². The first-order chi connectivity index (χ1) is 10.6. The number of aliphatic hydroxyl groups is 1. The second-order valence-electron chi connectivity index (χ2n) is 5.36. The monoisotopic (exact) mass is 474 g/mol. The van der Waals surface area contributed by atoms with Crippen LogP contribution >= 0.6 is 39.7 Å². The summed E-state index contributed by atoms with van der Waals surface area (Å²) < 4.78 is 10.8. The Hall–Kier alpha value is 0.01000. The highest BCUT2D eigenvalue weighted by atomic mass is 79.9. The molecule has 7 nitrogen and oxygen atoms in total. The van der Waals surface area contributed by atoms with Gasteiger partial charge in [0.1, 0.15) is 0 Å². The molecule has 2 rings (SSSR count). The third kappa shape index (κ3) is 9.16. The van der Waals surface area contributed by atoms with Crippen LogP contribution < -0.4 is 11.1 Å². The fraction of sp³-hybridized carbons (Fsp3) is 0.538. The van der Waals surface area contributed by atoms with Gasteiger partial charge in [0.15, 0.2) is 0 Å². The molecular formula is C13H21Br2N2O5P. The molecule has 23 heavy (non-hydrogen) atoms. The van der Waals surface area contributed by atoms with Crippen molar-refractivity contribution in [2.24, 2.45) is 0 Å². The molecule has 1 aliphatic rings. The summed E-state index contributed by atoms with van der Waals surface area (Å²) in [6.45, 7) is 0.768. The van der Waals surface area contributed by atoms with Gasteiger partial charge in [0.05, 0.1) is 11.8 Å². The third-order valence-electron chi connectivity index (χ3n) is 3.46. The van der Waals surface area contributed by atoms with Crippen LogP contribution in [0, 0.1) is 0 Å². The highest BCUT2D eigenvalue weighted by molar-refractivity contribution is 9.11. The van der Waals surface area contributed by atoms with Crippen molar-refractivity contribution >= 4 is 45.4 Å². The van der Waals surface area contributed by atoms with Crippen molar-refractivity contribution < 1.29 is 24.4 Å². The fourth-order valence-corrected chi connectivity index (χ4v) is 3.63. The zero-order valence-electron chi connectivity index (χ0n) is 12.3. The number of hydrogen-bond acceptors (Lipinski definition) is 4. The Kier molecular flexibility index (Phi) is 8.68. The molecule has 0 bridgehead atoms. The summed E-state index contributed by atoms with van der Waals surface area (Å²) in [4.78, 5) is 21.6. The van der Waals surface area contributed by atoms with Crippen LogP contribution in [-0.2, 0) is 11.1 Å². The quantitative estimate of drug-likeness (QED) is 0.291. The van der Waals surface area contributed by atoms with Crippen molar-refractivity contribution in [3.63, 3.8) is 0 Å². The Labute approximate surface area is 151 Å². The second kappa shape index (κ2) is 9.48. The lowest BCUT2D eigenvalue weighted by molar-refractivity contribution is 0.116. The molecule has 0 amide bonds. The predicted molar refractivity (Wildman–Crippen MR) is 95.6 cm³/mol. The number of nitrogens with one attached hydrogen (secondary N) is 1. The minimum atomic E-state index is -4.64. The van der Waals surface area contributed by atoms with Crippen LogP contribution in [-0.4, -0.2) is 31.9 Å². The lowest BCUT2D eigenvalue weighted by Gasteiger charge is -2.26. The van der Waals surface area contributed by atoms with E-state index in [9.17, 15) is 5.11 Å². The molecule has 7 N–H and O–H groups in total. The smallest absolute Gasteiger partial charge is 0.398 e. The maximum absolute atomic E-state index is 9.47. The van der Waals surface area contributed by atoms with Gasteiger partial charge in [-0.1, -0.05) is 15.9 Å². The molecule has 0 radical (unpaired) electrons. The fourth-order valence-electron chi connectivity index (χ4n) is 2.32. The highest BCUT2D eigenvalue weighted by Crippen LogP contribution is 2.28. The zero-order chi connectivity index (χ0) is 17.6. The Balaban J connectivity index is 0.000000463. The van der Waals surface area contributed by atoms with Gasteiger partial charge in [-0.3, -0.25) is 0 Å². The molecule has 1 saturated carbocycles. The Morgan fingerprint density at radius 1 is 1.17 bits per heavy atom. The van der Waals surface area contributed by atoms with Crippen LogP contribution in [0.4, 0.5) is 5.69 Å². The number of hydrogen-bond donors (Lipinski definition) is 6. The average molecular weight is 476 g/mol. The molecule has 10 heteroatoms. The highest BCUT2D eigenvalue weighted by Gasteiger charge is 2.19. The first-order valence-electron chi connectivity index (χ1n) is 6.99. The molecular weight excluding hydrogens is 455 g/mol. The van der Waals surface area contributed by atoms with Crippen molar-refractivity contribution in [3.8, 4) is 0 Å². The normalized spacial score (nSPS) is 21.5. The van der Waals surface area contributed by atoms with Crippen LogP contribution in [0.15, 0.2) is 21.1 Å². The molecule has 0 unspecified atom stereocenters. The van der Waals surface area contributed by atoms with Crippen LogP contribution in [0.25, 0.3) is 0 Å². The predicted octanol–water partition coefficient (Wildman–Crippen LogP) is 2.26. The molecule has 132 valence electrons. The molecule has 0 aromatic heterocycles. The molecule has 1 aromatic carbocycles.